The van der Waals surface area contributed by atoms with E-state index < -0.39 is 0 Å². The molecule has 4 rings (SSSR count). The predicted molar refractivity (Wildman–Crippen MR) is 145 cm³/mol. The first-order chi connectivity index (χ1) is 15.8. The minimum atomic E-state index is 0.300. The van der Waals surface area contributed by atoms with Crippen LogP contribution in [0.25, 0.3) is 0 Å². The summed E-state index contributed by atoms with van der Waals surface area (Å²) in [5.41, 5.74) is 0.959. The minimum absolute atomic E-state index is 0.300. The molecule has 0 atom stereocenters. The Morgan fingerprint density at radius 2 is 1.25 bits per heavy atom. The molecule has 1 fully saturated rings. The van der Waals surface area contributed by atoms with Gasteiger partial charge in [0, 0.05) is 16.2 Å². The van der Waals surface area contributed by atoms with Crippen LogP contribution < -0.4 is 0 Å². The Kier molecular flexibility index (Phi) is 9.83. The number of rotatable bonds is 10. The first-order valence-electron chi connectivity index (χ1n) is 10.9. The fourth-order valence-corrected chi connectivity index (χ4v) is 9.13. The molecular weight excluding hydrogens is 471 g/mol. The molecule has 6 heteroatoms. The van der Waals surface area contributed by atoms with Crippen molar-refractivity contribution in [3.63, 3.8) is 0 Å². The summed E-state index contributed by atoms with van der Waals surface area (Å²) in [6.45, 7) is 0. The molecule has 0 aliphatic heterocycles. The Hall–Kier alpha value is -1.47. The molecule has 0 radical (unpaired) electrons. The van der Waals surface area contributed by atoms with Gasteiger partial charge in [0.05, 0.1) is 10.3 Å². The largest absolute Gasteiger partial charge is 0.477 e. The molecule has 1 saturated carbocycles. The van der Waals surface area contributed by atoms with Crippen molar-refractivity contribution >= 4 is 54.8 Å². The summed E-state index contributed by atoms with van der Waals surface area (Å²) in [4.78, 5) is 7.46. The molecule has 0 heterocycles. The Balaban J connectivity index is 1.48. The Bertz CT molecular complexity index is 904. The lowest BCUT2D eigenvalue weighted by molar-refractivity contribution is 0.191. The van der Waals surface area contributed by atoms with Crippen molar-refractivity contribution in [1.82, 2.24) is 0 Å². The number of aliphatic imine (C=N–C) groups is 1. The van der Waals surface area contributed by atoms with Crippen LogP contribution in [-0.4, -0.2) is 16.6 Å². The topological polar surface area (TPSA) is 21.6 Å². The number of benzene rings is 3. The highest BCUT2D eigenvalue weighted by Gasteiger charge is 2.22. The van der Waals surface area contributed by atoms with E-state index >= 15 is 0 Å². The molecule has 166 valence electrons. The summed E-state index contributed by atoms with van der Waals surface area (Å²) in [5, 5.41) is 0. The molecule has 1 aliphatic carbocycles. The standard InChI is InChI=1S/C26H27NOS4/c1-4-12-21(13-5-1)27-25(28-22-14-10-11-15-22)20-26(31-29-23-16-6-2-7-17-23)32-30-24-18-8-3-9-19-24/h1-9,12-13,16-19,22,26H,10-11,14-15,20H2. The molecule has 0 unspecified atom stereocenters. The van der Waals surface area contributed by atoms with Gasteiger partial charge in [0.15, 0.2) is 5.90 Å². The lowest BCUT2D eigenvalue weighted by Crippen LogP contribution is -2.17. The van der Waals surface area contributed by atoms with Crippen molar-refractivity contribution in [2.75, 3.05) is 0 Å². The molecule has 0 amide bonds. The van der Waals surface area contributed by atoms with E-state index in [0.717, 1.165) is 30.8 Å². The average molecular weight is 498 g/mol. The van der Waals surface area contributed by atoms with Crippen LogP contribution in [0.3, 0.4) is 0 Å². The predicted octanol–water partition coefficient (Wildman–Crippen LogP) is 9.27. The van der Waals surface area contributed by atoms with Gasteiger partial charge in [0.2, 0.25) is 0 Å². The van der Waals surface area contributed by atoms with E-state index in [9.17, 15) is 0 Å². The summed E-state index contributed by atoms with van der Waals surface area (Å²) < 4.78 is 6.76. The Labute approximate surface area is 207 Å². The van der Waals surface area contributed by atoms with E-state index in [4.69, 9.17) is 9.73 Å². The zero-order valence-electron chi connectivity index (χ0n) is 17.8. The van der Waals surface area contributed by atoms with Gasteiger partial charge in [-0.25, -0.2) is 4.99 Å². The summed E-state index contributed by atoms with van der Waals surface area (Å²) in [6.07, 6.45) is 5.87. The first kappa shape index (κ1) is 23.7. The molecule has 32 heavy (non-hydrogen) atoms. The maximum atomic E-state index is 6.45. The van der Waals surface area contributed by atoms with Crippen LogP contribution >= 0.6 is 43.2 Å². The highest BCUT2D eigenvalue weighted by atomic mass is 33.1. The summed E-state index contributed by atoms with van der Waals surface area (Å²) in [7, 11) is 7.43. The van der Waals surface area contributed by atoms with Crippen LogP contribution in [0.2, 0.25) is 0 Å². The van der Waals surface area contributed by atoms with Gasteiger partial charge < -0.3 is 4.74 Å². The van der Waals surface area contributed by atoms with Crippen LogP contribution in [0.4, 0.5) is 5.69 Å². The molecule has 1 aliphatic rings. The zero-order chi connectivity index (χ0) is 21.8. The van der Waals surface area contributed by atoms with Crippen molar-refractivity contribution in [1.29, 1.82) is 0 Å². The number of hydrogen-bond acceptors (Lipinski definition) is 6. The lowest BCUT2D eigenvalue weighted by Gasteiger charge is -2.20. The van der Waals surface area contributed by atoms with E-state index in [0.29, 0.717) is 10.7 Å². The van der Waals surface area contributed by atoms with Crippen molar-refractivity contribution in [2.45, 2.75) is 52.6 Å². The maximum Gasteiger partial charge on any atom is 0.190 e. The van der Waals surface area contributed by atoms with Gasteiger partial charge >= 0.3 is 0 Å². The maximum absolute atomic E-state index is 6.45. The van der Waals surface area contributed by atoms with E-state index in [1.54, 1.807) is 0 Å². The SMILES string of the molecule is c1ccc(N=C(CC(SSc2ccccc2)SSc2ccccc2)OC2CCCC2)cc1. The van der Waals surface area contributed by atoms with Gasteiger partial charge in [-0.05, 0) is 62.1 Å². The van der Waals surface area contributed by atoms with E-state index in [-0.39, 0.29) is 0 Å². The fourth-order valence-electron chi connectivity index (χ4n) is 3.36. The molecule has 0 saturated heterocycles. The highest BCUT2D eigenvalue weighted by Crippen LogP contribution is 2.47. The molecule has 3 aromatic carbocycles. The van der Waals surface area contributed by atoms with E-state index in [1.807, 2.05) is 73.5 Å². The number of ether oxygens (including phenoxy) is 1. The zero-order valence-corrected chi connectivity index (χ0v) is 21.1. The molecule has 0 bridgehead atoms. The third-order valence-corrected chi connectivity index (χ3v) is 11.3. The van der Waals surface area contributed by atoms with Gasteiger partial charge in [-0.15, -0.1) is 0 Å². The van der Waals surface area contributed by atoms with Crippen LogP contribution in [0.15, 0.2) is 106 Å². The molecule has 3 aromatic rings. The van der Waals surface area contributed by atoms with Gasteiger partial charge in [0.1, 0.15) is 6.10 Å². The van der Waals surface area contributed by atoms with Crippen LogP contribution in [-0.2, 0) is 4.74 Å². The number of hydrogen-bond donors (Lipinski definition) is 0. The van der Waals surface area contributed by atoms with Crippen LogP contribution in [0.5, 0.6) is 0 Å². The molecule has 2 nitrogen and oxygen atoms in total. The minimum Gasteiger partial charge on any atom is -0.477 e. The summed E-state index contributed by atoms with van der Waals surface area (Å²) in [6, 6.07) is 31.3. The average Bonchev–Trinajstić information content (AvgIpc) is 3.36. The van der Waals surface area contributed by atoms with Crippen molar-refractivity contribution in [3.8, 4) is 0 Å². The normalized spacial score (nSPS) is 14.7. The van der Waals surface area contributed by atoms with Gasteiger partial charge in [0.25, 0.3) is 0 Å². The van der Waals surface area contributed by atoms with E-state index in [2.05, 4.69) is 60.7 Å². The van der Waals surface area contributed by atoms with Gasteiger partial charge in [-0.3, -0.25) is 0 Å². The molecule has 0 aromatic heterocycles. The second kappa shape index (κ2) is 13.3. The van der Waals surface area contributed by atoms with Crippen molar-refractivity contribution in [3.05, 3.63) is 91.0 Å². The third-order valence-electron chi connectivity index (χ3n) is 4.95. The monoisotopic (exact) mass is 497 g/mol. The Morgan fingerprint density at radius 1 is 0.750 bits per heavy atom. The highest BCUT2D eigenvalue weighted by molar-refractivity contribution is 8.85. The van der Waals surface area contributed by atoms with Gasteiger partial charge in [-0.1, -0.05) is 97.8 Å². The fraction of sp³-hybridized carbons (Fsp3) is 0.269. The van der Waals surface area contributed by atoms with Crippen LogP contribution in [0.1, 0.15) is 32.1 Å². The van der Waals surface area contributed by atoms with Gasteiger partial charge in [-0.2, -0.15) is 0 Å². The van der Waals surface area contributed by atoms with Crippen molar-refractivity contribution < 1.29 is 4.74 Å². The van der Waals surface area contributed by atoms with Crippen LogP contribution in [0, 0.1) is 0 Å². The lowest BCUT2D eigenvalue weighted by atomic mass is 10.3. The third kappa shape index (κ3) is 8.14. The van der Waals surface area contributed by atoms with E-state index in [1.165, 1.54) is 22.6 Å². The number of para-hydroxylation sites is 1. The second-order valence-electron chi connectivity index (χ2n) is 7.48. The quantitative estimate of drug-likeness (QED) is 0.120. The molecular formula is C26H27NOS4. The second-order valence-corrected chi connectivity index (χ2v) is 12.7. The smallest absolute Gasteiger partial charge is 0.190 e. The molecule has 0 N–H and O–H groups in total. The van der Waals surface area contributed by atoms with Crippen molar-refractivity contribution in [2.24, 2.45) is 4.99 Å². The summed E-state index contributed by atoms with van der Waals surface area (Å²) in [5.74, 6) is 0.857. The molecule has 0 spiro atoms. The first-order valence-corrected chi connectivity index (χ1v) is 15.3. The number of nitrogens with zero attached hydrogens (tertiary/aromatic N) is 1. The summed E-state index contributed by atoms with van der Waals surface area (Å²) >= 11 is 0. The Morgan fingerprint density at radius 3 is 1.78 bits per heavy atom.